The largest absolute Gasteiger partial charge is 0.479 e. The lowest BCUT2D eigenvalue weighted by Crippen LogP contribution is -2.48. The molecule has 2 aliphatic rings. The Morgan fingerprint density at radius 2 is 1.90 bits per heavy atom. The zero-order valence-electron chi connectivity index (χ0n) is 17.7. The molecule has 0 bridgehead atoms. The summed E-state index contributed by atoms with van der Waals surface area (Å²) in [5.41, 5.74) is 1.84. The third-order valence-corrected chi connectivity index (χ3v) is 7.02. The maximum atomic E-state index is 13.5. The molecule has 1 saturated carbocycles. The molecule has 2 aromatic rings. The van der Waals surface area contributed by atoms with E-state index in [9.17, 15) is 4.79 Å². The Bertz CT molecular complexity index is 969. The van der Waals surface area contributed by atoms with Crippen LogP contribution < -0.4 is 10.1 Å². The number of thioether (sulfide) groups is 1. The molecule has 2 fully saturated rings. The van der Waals surface area contributed by atoms with Gasteiger partial charge in [0.15, 0.2) is 12.1 Å². The second kappa shape index (κ2) is 9.93. The summed E-state index contributed by atoms with van der Waals surface area (Å²) in [4.78, 5) is 16.3. The Balaban J connectivity index is 1.58. The number of ether oxygens (including phenoxy) is 1. The molecule has 0 radical (unpaired) electrons. The number of rotatable bonds is 6. The van der Waals surface area contributed by atoms with Gasteiger partial charge in [0.1, 0.15) is 11.8 Å². The normalized spacial score (nSPS) is 24.8. The van der Waals surface area contributed by atoms with E-state index in [1.54, 1.807) is 11.8 Å². The Labute approximate surface area is 188 Å². The number of hydrogen-bond donors (Lipinski definition) is 1. The summed E-state index contributed by atoms with van der Waals surface area (Å²) < 4.78 is 5.32. The van der Waals surface area contributed by atoms with Gasteiger partial charge in [-0.05, 0) is 54.7 Å². The van der Waals surface area contributed by atoms with Gasteiger partial charge >= 0.3 is 0 Å². The molecule has 1 unspecified atom stereocenters. The van der Waals surface area contributed by atoms with Crippen LogP contribution in [0.25, 0.3) is 6.08 Å². The fourth-order valence-corrected chi connectivity index (χ4v) is 5.51. The number of nitriles is 1. The SMILES string of the molecule is C[C@@H]1CCCC[C@H]1N1C(=O)/C(=C/c2ccc(OCC#N)cc2)SC1Nc1ccccc1. The molecule has 1 N–H and O–H groups in total. The second-order valence-corrected chi connectivity index (χ2v) is 9.17. The molecule has 1 amide bonds. The van der Waals surface area contributed by atoms with Crippen molar-refractivity contribution >= 4 is 29.4 Å². The van der Waals surface area contributed by atoms with E-state index >= 15 is 0 Å². The van der Waals surface area contributed by atoms with Gasteiger partial charge in [-0.1, -0.05) is 61.9 Å². The number of nitrogens with one attached hydrogen (secondary N) is 1. The highest BCUT2D eigenvalue weighted by atomic mass is 32.2. The van der Waals surface area contributed by atoms with Crippen molar-refractivity contribution in [2.24, 2.45) is 5.92 Å². The predicted octanol–water partition coefficient (Wildman–Crippen LogP) is 5.48. The Morgan fingerprint density at radius 3 is 2.61 bits per heavy atom. The number of anilines is 1. The van der Waals surface area contributed by atoms with Gasteiger partial charge in [-0.25, -0.2) is 0 Å². The Morgan fingerprint density at radius 1 is 1.16 bits per heavy atom. The van der Waals surface area contributed by atoms with Crippen LogP contribution in [-0.4, -0.2) is 29.0 Å². The van der Waals surface area contributed by atoms with Crippen molar-refractivity contribution in [3.63, 3.8) is 0 Å². The van der Waals surface area contributed by atoms with Gasteiger partial charge < -0.3 is 15.0 Å². The lowest BCUT2D eigenvalue weighted by atomic mass is 9.85. The van der Waals surface area contributed by atoms with Crippen molar-refractivity contribution < 1.29 is 9.53 Å². The molecular formula is C25H27N3O2S. The molecule has 0 spiro atoms. The summed E-state index contributed by atoms with van der Waals surface area (Å²) in [5.74, 6) is 1.24. The van der Waals surface area contributed by atoms with Gasteiger partial charge in [0.2, 0.25) is 0 Å². The van der Waals surface area contributed by atoms with Gasteiger partial charge in [-0.2, -0.15) is 5.26 Å². The maximum Gasteiger partial charge on any atom is 0.262 e. The van der Waals surface area contributed by atoms with Crippen molar-refractivity contribution in [2.45, 2.75) is 44.1 Å². The van der Waals surface area contributed by atoms with E-state index in [0.717, 1.165) is 22.6 Å². The highest BCUT2D eigenvalue weighted by molar-refractivity contribution is 8.05. The topological polar surface area (TPSA) is 65.4 Å². The maximum absolute atomic E-state index is 13.5. The molecule has 6 heteroatoms. The molecule has 160 valence electrons. The van der Waals surface area contributed by atoms with E-state index in [-0.39, 0.29) is 24.1 Å². The van der Waals surface area contributed by atoms with Crippen molar-refractivity contribution in [1.82, 2.24) is 4.90 Å². The standard InChI is InChI=1S/C25H27N3O2S/c1-18-7-5-6-10-22(18)28-24(29)23(31-25(28)27-20-8-3-2-4-9-20)17-19-11-13-21(14-12-19)30-16-15-26/h2-4,8-9,11-14,17-18,22,25,27H,5-7,10,16H2,1H3/b23-17-/t18-,22-,25?/m1/s1. The monoisotopic (exact) mass is 433 g/mol. The number of amides is 1. The van der Waals surface area contributed by atoms with E-state index in [0.29, 0.717) is 11.7 Å². The van der Waals surface area contributed by atoms with Crippen LogP contribution in [0.15, 0.2) is 59.5 Å². The van der Waals surface area contributed by atoms with Crippen molar-refractivity contribution in [1.29, 1.82) is 5.26 Å². The fraction of sp³-hybridized carbons (Fsp3) is 0.360. The first-order chi connectivity index (χ1) is 15.2. The van der Waals surface area contributed by atoms with E-state index in [1.165, 1.54) is 19.3 Å². The highest BCUT2D eigenvalue weighted by Crippen LogP contribution is 2.42. The lowest BCUT2D eigenvalue weighted by molar-refractivity contribution is -0.129. The van der Waals surface area contributed by atoms with E-state index in [4.69, 9.17) is 10.00 Å². The van der Waals surface area contributed by atoms with E-state index in [2.05, 4.69) is 17.1 Å². The quantitative estimate of drug-likeness (QED) is 0.611. The predicted molar refractivity (Wildman–Crippen MR) is 125 cm³/mol. The van der Waals surface area contributed by atoms with E-state index < -0.39 is 0 Å². The number of para-hydroxylation sites is 1. The molecule has 3 atom stereocenters. The average Bonchev–Trinajstić information content (AvgIpc) is 3.09. The van der Waals surface area contributed by atoms with Crippen LogP contribution in [0.1, 0.15) is 38.2 Å². The smallest absolute Gasteiger partial charge is 0.262 e. The zero-order chi connectivity index (χ0) is 21.6. The van der Waals surface area contributed by atoms with E-state index in [1.807, 2.05) is 66.7 Å². The third kappa shape index (κ3) is 5.05. The molecule has 1 aliphatic carbocycles. The summed E-state index contributed by atoms with van der Waals surface area (Å²) in [5, 5.41) is 12.2. The van der Waals surface area contributed by atoms with Crippen molar-refractivity contribution in [3.05, 3.63) is 65.1 Å². The summed E-state index contributed by atoms with van der Waals surface area (Å²) >= 11 is 1.58. The molecule has 2 aromatic carbocycles. The van der Waals surface area contributed by atoms with Crippen LogP contribution in [-0.2, 0) is 4.79 Å². The molecule has 0 aromatic heterocycles. The minimum Gasteiger partial charge on any atom is -0.479 e. The van der Waals surface area contributed by atoms with Gasteiger partial charge in [0, 0.05) is 11.7 Å². The van der Waals surface area contributed by atoms with Gasteiger partial charge in [-0.15, -0.1) is 0 Å². The third-order valence-electron chi connectivity index (χ3n) is 5.91. The van der Waals surface area contributed by atoms with Gasteiger partial charge in [0.05, 0.1) is 4.91 Å². The van der Waals surface area contributed by atoms with Crippen molar-refractivity contribution in [2.75, 3.05) is 11.9 Å². The van der Waals surface area contributed by atoms with Crippen LogP contribution in [0.2, 0.25) is 0 Å². The van der Waals surface area contributed by atoms with Crippen LogP contribution in [0.4, 0.5) is 5.69 Å². The number of benzene rings is 2. The summed E-state index contributed by atoms with van der Waals surface area (Å²) in [6, 6.07) is 19.8. The first-order valence-electron chi connectivity index (χ1n) is 10.8. The lowest BCUT2D eigenvalue weighted by Gasteiger charge is -2.39. The van der Waals surface area contributed by atoms with Crippen LogP contribution in [0.5, 0.6) is 5.75 Å². The number of carbonyl (C=O) groups excluding carboxylic acids is 1. The Kier molecular flexibility index (Phi) is 6.83. The minimum absolute atomic E-state index is 0.0240. The number of carbonyl (C=O) groups is 1. The highest BCUT2D eigenvalue weighted by Gasteiger charge is 2.42. The van der Waals surface area contributed by atoms with Crippen molar-refractivity contribution in [3.8, 4) is 11.8 Å². The van der Waals surface area contributed by atoms with Gasteiger partial charge in [0.25, 0.3) is 5.91 Å². The average molecular weight is 434 g/mol. The molecule has 31 heavy (non-hydrogen) atoms. The first-order valence-corrected chi connectivity index (χ1v) is 11.7. The summed E-state index contributed by atoms with van der Waals surface area (Å²) in [6.07, 6.45) is 6.59. The molecule has 1 aliphatic heterocycles. The fourth-order valence-electron chi connectivity index (χ4n) is 4.29. The van der Waals surface area contributed by atoms with Crippen LogP contribution >= 0.6 is 11.8 Å². The summed E-state index contributed by atoms with van der Waals surface area (Å²) in [6.45, 7) is 2.29. The van der Waals surface area contributed by atoms with Crippen LogP contribution in [0.3, 0.4) is 0 Å². The minimum atomic E-state index is -0.120. The molecule has 5 nitrogen and oxygen atoms in total. The summed E-state index contributed by atoms with van der Waals surface area (Å²) in [7, 11) is 0. The number of nitrogens with zero attached hydrogens (tertiary/aromatic N) is 2. The van der Waals surface area contributed by atoms with Gasteiger partial charge in [-0.3, -0.25) is 4.79 Å². The van der Waals surface area contributed by atoms with Crippen LogP contribution in [0, 0.1) is 17.2 Å². The first kappa shape index (κ1) is 21.3. The number of hydrogen-bond acceptors (Lipinski definition) is 5. The molecule has 1 heterocycles. The molecule has 1 saturated heterocycles. The second-order valence-electron chi connectivity index (χ2n) is 8.05. The molecule has 4 rings (SSSR count). The Hall–Kier alpha value is -2.91. The molecular weight excluding hydrogens is 406 g/mol. The zero-order valence-corrected chi connectivity index (χ0v) is 18.5.